The maximum Gasteiger partial charge on any atom is 0.317 e. The topological polar surface area (TPSA) is 91.0 Å². The van der Waals surface area contributed by atoms with Crippen LogP contribution in [-0.4, -0.2) is 62.7 Å². The van der Waals surface area contributed by atoms with Crippen molar-refractivity contribution in [3.8, 4) is 11.5 Å². The second kappa shape index (κ2) is 14.7. The summed E-state index contributed by atoms with van der Waals surface area (Å²) in [6.45, 7) is 6.82. The lowest BCUT2D eigenvalue weighted by Gasteiger charge is -2.36. The number of ether oxygens (including phenoxy) is 1. The average molecular weight is 571 g/mol. The van der Waals surface area contributed by atoms with Crippen LogP contribution in [0.25, 0.3) is 0 Å². The van der Waals surface area contributed by atoms with E-state index >= 15 is 0 Å². The molecule has 0 radical (unpaired) electrons. The van der Waals surface area contributed by atoms with Gasteiger partial charge in [0.05, 0.1) is 6.26 Å². The zero-order valence-electron chi connectivity index (χ0n) is 24.1. The first-order valence-corrected chi connectivity index (χ1v) is 16.8. The Morgan fingerprint density at radius 2 is 1.57 bits per heavy atom. The molecule has 1 saturated heterocycles. The fourth-order valence-electron chi connectivity index (χ4n) is 5.72. The SMILES string of the molecule is CCCCN(C(=O)NCC1CCN(Cc2ccc(Oc3ccc(NS(C)(=O)=O)cc3)cc2)CC1)C1CCCCC1. The number of urea groups is 1. The van der Waals surface area contributed by atoms with Crippen LogP contribution in [0.4, 0.5) is 10.5 Å². The Balaban J connectivity index is 1.18. The average Bonchev–Trinajstić information content (AvgIpc) is 2.95. The Morgan fingerprint density at radius 1 is 0.950 bits per heavy atom. The minimum Gasteiger partial charge on any atom is -0.457 e. The standard InChI is InChI=1S/C31H46N4O4S/c1-3-4-20-35(28-8-6-5-7-9-28)31(36)32-23-25-18-21-34(22-19-25)24-26-10-14-29(15-11-26)39-30-16-12-27(13-17-30)33-40(2,37)38/h10-17,25,28,33H,3-9,18-24H2,1-2H3,(H,32,36). The number of benzene rings is 2. The first-order chi connectivity index (χ1) is 19.3. The Labute approximate surface area is 240 Å². The highest BCUT2D eigenvalue weighted by atomic mass is 32.2. The molecule has 2 aromatic rings. The molecule has 1 heterocycles. The van der Waals surface area contributed by atoms with Gasteiger partial charge >= 0.3 is 6.03 Å². The van der Waals surface area contributed by atoms with Crippen molar-refractivity contribution in [2.45, 2.75) is 77.3 Å². The number of hydrogen-bond acceptors (Lipinski definition) is 5. The summed E-state index contributed by atoms with van der Waals surface area (Å²) in [6, 6.07) is 15.5. The molecule has 2 fully saturated rings. The summed E-state index contributed by atoms with van der Waals surface area (Å²) >= 11 is 0. The molecule has 1 aliphatic heterocycles. The number of piperidine rings is 1. The number of amides is 2. The molecule has 0 aromatic heterocycles. The van der Waals surface area contributed by atoms with Gasteiger partial charge < -0.3 is 15.0 Å². The fourth-order valence-corrected chi connectivity index (χ4v) is 6.28. The van der Waals surface area contributed by atoms with Crippen molar-refractivity contribution in [2.24, 2.45) is 5.92 Å². The maximum atomic E-state index is 13.1. The number of nitrogens with zero attached hydrogens (tertiary/aromatic N) is 2. The Morgan fingerprint density at radius 3 is 2.17 bits per heavy atom. The number of anilines is 1. The molecule has 9 heteroatoms. The van der Waals surface area contributed by atoms with E-state index in [9.17, 15) is 13.2 Å². The third-order valence-electron chi connectivity index (χ3n) is 8.00. The molecule has 0 spiro atoms. The van der Waals surface area contributed by atoms with Crippen LogP contribution in [-0.2, 0) is 16.6 Å². The van der Waals surface area contributed by atoms with Crippen molar-refractivity contribution in [3.05, 3.63) is 54.1 Å². The van der Waals surface area contributed by atoms with Gasteiger partial charge in [-0.15, -0.1) is 0 Å². The van der Waals surface area contributed by atoms with Crippen LogP contribution in [0.15, 0.2) is 48.5 Å². The summed E-state index contributed by atoms with van der Waals surface area (Å²) < 4.78 is 31.1. The normalized spacial score (nSPS) is 17.4. The van der Waals surface area contributed by atoms with Crippen LogP contribution in [0.2, 0.25) is 0 Å². The summed E-state index contributed by atoms with van der Waals surface area (Å²) in [5.41, 5.74) is 1.75. The number of rotatable bonds is 12. The third kappa shape index (κ3) is 9.70. The minimum atomic E-state index is -3.30. The molecule has 40 heavy (non-hydrogen) atoms. The molecule has 1 aliphatic carbocycles. The van der Waals surface area contributed by atoms with Crippen LogP contribution in [0.5, 0.6) is 11.5 Å². The van der Waals surface area contributed by atoms with E-state index in [4.69, 9.17) is 4.74 Å². The van der Waals surface area contributed by atoms with Crippen LogP contribution in [0.3, 0.4) is 0 Å². The molecule has 2 aromatic carbocycles. The van der Waals surface area contributed by atoms with E-state index in [0.717, 1.165) is 83.3 Å². The predicted octanol–water partition coefficient (Wildman–Crippen LogP) is 6.21. The molecular formula is C31H46N4O4S. The summed E-state index contributed by atoms with van der Waals surface area (Å²) in [4.78, 5) is 17.7. The van der Waals surface area contributed by atoms with E-state index in [2.05, 4.69) is 38.9 Å². The highest BCUT2D eigenvalue weighted by molar-refractivity contribution is 7.92. The van der Waals surface area contributed by atoms with Crippen LogP contribution < -0.4 is 14.8 Å². The van der Waals surface area contributed by atoms with Crippen LogP contribution in [0, 0.1) is 5.92 Å². The molecular weight excluding hydrogens is 524 g/mol. The lowest BCUT2D eigenvalue weighted by molar-refractivity contribution is 0.146. The highest BCUT2D eigenvalue weighted by Crippen LogP contribution is 2.26. The number of likely N-dealkylation sites (tertiary alicyclic amines) is 1. The van der Waals surface area contributed by atoms with E-state index in [0.29, 0.717) is 23.4 Å². The molecule has 0 atom stereocenters. The number of unbranched alkanes of at least 4 members (excludes halogenated alkanes) is 1. The molecule has 2 amide bonds. The minimum absolute atomic E-state index is 0.145. The lowest BCUT2D eigenvalue weighted by atomic mass is 9.94. The Hall–Kier alpha value is -2.78. The van der Waals surface area contributed by atoms with E-state index in [1.807, 2.05) is 12.1 Å². The number of carbonyl (C=O) groups excluding carboxylic acids is 1. The van der Waals surface area contributed by atoms with Gasteiger partial charge in [0.1, 0.15) is 11.5 Å². The Bertz CT molecular complexity index is 1160. The first-order valence-electron chi connectivity index (χ1n) is 14.9. The lowest BCUT2D eigenvalue weighted by Crippen LogP contribution is -2.49. The monoisotopic (exact) mass is 570 g/mol. The van der Waals surface area contributed by atoms with Crippen molar-refractivity contribution >= 4 is 21.7 Å². The summed E-state index contributed by atoms with van der Waals surface area (Å²) in [7, 11) is -3.30. The van der Waals surface area contributed by atoms with E-state index in [1.54, 1.807) is 24.3 Å². The van der Waals surface area contributed by atoms with Gasteiger partial charge in [-0.25, -0.2) is 13.2 Å². The molecule has 220 valence electrons. The first kappa shape index (κ1) is 30.2. The maximum absolute atomic E-state index is 13.1. The largest absolute Gasteiger partial charge is 0.457 e. The zero-order chi connectivity index (χ0) is 28.4. The number of carbonyl (C=O) groups is 1. The van der Waals surface area contributed by atoms with E-state index < -0.39 is 10.0 Å². The van der Waals surface area contributed by atoms with Crippen LogP contribution >= 0.6 is 0 Å². The van der Waals surface area contributed by atoms with Gasteiger partial charge in [0.15, 0.2) is 0 Å². The van der Waals surface area contributed by atoms with Gasteiger partial charge in [-0.3, -0.25) is 9.62 Å². The second-order valence-electron chi connectivity index (χ2n) is 11.4. The van der Waals surface area contributed by atoms with Gasteiger partial charge in [0.2, 0.25) is 10.0 Å². The molecule has 2 aliphatic rings. The molecule has 0 bridgehead atoms. The Kier molecular flexibility index (Phi) is 11.1. The highest BCUT2D eigenvalue weighted by Gasteiger charge is 2.26. The van der Waals surface area contributed by atoms with Gasteiger partial charge in [0.25, 0.3) is 0 Å². The van der Waals surface area contributed by atoms with Crippen molar-refractivity contribution in [1.29, 1.82) is 0 Å². The van der Waals surface area contributed by atoms with Crippen molar-refractivity contribution < 1.29 is 17.9 Å². The molecule has 4 rings (SSSR count). The fraction of sp³-hybridized carbons (Fsp3) is 0.581. The zero-order valence-corrected chi connectivity index (χ0v) is 24.9. The molecule has 0 unspecified atom stereocenters. The van der Waals surface area contributed by atoms with Crippen LogP contribution in [0.1, 0.15) is 70.3 Å². The van der Waals surface area contributed by atoms with E-state index in [1.165, 1.54) is 24.8 Å². The van der Waals surface area contributed by atoms with E-state index in [-0.39, 0.29) is 6.03 Å². The van der Waals surface area contributed by atoms with Crippen molar-refractivity contribution in [3.63, 3.8) is 0 Å². The molecule has 8 nitrogen and oxygen atoms in total. The van der Waals surface area contributed by atoms with Gasteiger partial charge in [-0.05, 0) is 93.1 Å². The smallest absolute Gasteiger partial charge is 0.317 e. The quantitative estimate of drug-likeness (QED) is 0.317. The van der Waals surface area contributed by atoms with Gasteiger partial charge in [-0.1, -0.05) is 44.7 Å². The summed E-state index contributed by atoms with van der Waals surface area (Å²) in [6.07, 6.45) is 11.6. The predicted molar refractivity (Wildman–Crippen MR) is 161 cm³/mol. The second-order valence-corrected chi connectivity index (χ2v) is 13.1. The molecule has 2 N–H and O–H groups in total. The summed E-state index contributed by atoms with van der Waals surface area (Å²) in [5, 5.41) is 3.29. The summed E-state index contributed by atoms with van der Waals surface area (Å²) in [5.74, 6) is 1.92. The molecule has 1 saturated carbocycles. The van der Waals surface area contributed by atoms with Crippen molar-refractivity contribution in [1.82, 2.24) is 15.1 Å². The third-order valence-corrected chi connectivity index (χ3v) is 8.61. The number of nitrogens with one attached hydrogen (secondary N) is 2. The number of sulfonamides is 1. The number of hydrogen-bond donors (Lipinski definition) is 2. The van der Waals surface area contributed by atoms with Crippen molar-refractivity contribution in [2.75, 3.05) is 37.2 Å². The van der Waals surface area contributed by atoms with Gasteiger partial charge in [0, 0.05) is 31.4 Å². The van der Waals surface area contributed by atoms with Gasteiger partial charge in [-0.2, -0.15) is 0 Å².